The van der Waals surface area contributed by atoms with Crippen LogP contribution >= 0.6 is 54.5 Å². The number of H-pyrrole nitrogens is 1. The molecule has 0 spiro atoms. The molecule has 14 aromatic rings. The molecule has 0 aliphatic heterocycles. The number of ether oxygens (including phenoxy) is 3. The highest BCUT2D eigenvalue weighted by Crippen LogP contribution is 2.29. The van der Waals surface area contributed by atoms with E-state index in [0.717, 1.165) is 76.6 Å². The van der Waals surface area contributed by atoms with Crippen molar-refractivity contribution in [1.82, 2.24) is 39.5 Å². The van der Waals surface area contributed by atoms with Crippen LogP contribution in [0.1, 0.15) is 7.43 Å². The van der Waals surface area contributed by atoms with E-state index in [4.69, 9.17) is 24.3 Å². The van der Waals surface area contributed by atoms with E-state index in [0.29, 0.717) is 5.46 Å². The monoisotopic (exact) mass is 1480 g/mol. The van der Waals surface area contributed by atoms with Gasteiger partial charge in [0.25, 0.3) is 0 Å². The number of nitrogens with one attached hydrogen (secondary N) is 1. The van der Waals surface area contributed by atoms with Crippen LogP contribution in [0.25, 0.3) is 72.7 Å². The first kappa shape index (κ1) is 69.8. The number of aromatic nitrogens is 8. The van der Waals surface area contributed by atoms with E-state index in [1.54, 1.807) is 79.6 Å². The second-order valence-electron chi connectivity index (χ2n) is 20.2. The average molecular weight is 1490 g/mol. The summed E-state index contributed by atoms with van der Waals surface area (Å²) >= 11 is 8.79. The molecule has 0 aliphatic carbocycles. The summed E-state index contributed by atoms with van der Waals surface area (Å²) in [6, 6.07) is 85.5. The Morgan fingerprint density at radius 1 is 0.383 bits per heavy atom. The number of phenols is 1. The summed E-state index contributed by atoms with van der Waals surface area (Å²) in [6.07, 6.45) is 14.8. The van der Waals surface area contributed by atoms with Gasteiger partial charge in [-0.05, 0) is 159 Å². The van der Waals surface area contributed by atoms with Gasteiger partial charge >= 0.3 is 7.12 Å². The van der Waals surface area contributed by atoms with Gasteiger partial charge in [-0.25, -0.2) is 14.0 Å². The zero-order valence-corrected chi connectivity index (χ0v) is 56.2. The Morgan fingerprint density at radius 3 is 1.09 bits per heavy atom. The number of hydrogen-bond acceptors (Lipinski definition) is 10. The van der Waals surface area contributed by atoms with Crippen LogP contribution in [0.3, 0.4) is 0 Å². The Bertz CT molecular complexity index is 4490. The lowest BCUT2D eigenvalue weighted by molar-refractivity contribution is 0.414. The van der Waals surface area contributed by atoms with Crippen molar-refractivity contribution in [3.8, 4) is 95.7 Å². The number of benzene rings is 10. The van der Waals surface area contributed by atoms with E-state index in [1.807, 2.05) is 181 Å². The molecule has 14 nitrogen and oxygen atoms in total. The molecule has 0 radical (unpaired) electrons. The number of phenolic OH excluding ortho intramolecular Hbond substituents is 1. The summed E-state index contributed by atoms with van der Waals surface area (Å²) < 4.78 is 24.0. The van der Waals surface area contributed by atoms with Crippen molar-refractivity contribution in [2.24, 2.45) is 0 Å². The minimum atomic E-state index is -1.39. The minimum absolute atomic E-state index is 0. The summed E-state index contributed by atoms with van der Waals surface area (Å²) in [6.45, 7) is 0. The summed E-state index contributed by atoms with van der Waals surface area (Å²) in [5.41, 5.74) is 14.7. The second-order valence-corrected chi connectivity index (χ2v) is 23.3. The van der Waals surface area contributed by atoms with Crippen LogP contribution < -0.4 is 19.7 Å². The number of aromatic hydroxyl groups is 1. The lowest BCUT2D eigenvalue weighted by Gasteiger charge is -2.04. The van der Waals surface area contributed by atoms with Gasteiger partial charge in [-0.2, -0.15) is 20.4 Å². The lowest BCUT2D eigenvalue weighted by atomic mass is 9.80. The standard InChI is InChI=1S/C22H18N2O.C21H16N2O.C12H11BO2.C10H9BrN2O.C7H7IO.C3H3BrN2.CH4/c1-25-22-9-5-8-21(14-22)24-16-20(15-23-24)19-12-10-18(11-13-19)17-6-3-2-4-7-17;24-21-8-4-7-20(13-21)23-15-19(14-22-23)18-11-9-17(10-12-18)16-5-2-1-3-6-16;14-13(15)12-8-6-11(7-9-12)10-4-2-1-3-5-10;1-14-10-4-2-3-9(5-10)13-7-8(11)6-12-13;1-9-7-4-2-3-6(8)5-7;4-3-1-5-6-2-3;/h2-16H,1H3;1-15,24H;1-9,14-15H;2-7H,1H3;2-5H,1H3;1-2H,(H,5,6);1H4. The van der Waals surface area contributed by atoms with Crippen LogP contribution in [-0.4, -0.2) is 83.1 Å². The maximum Gasteiger partial charge on any atom is 0.488 e. The van der Waals surface area contributed by atoms with Gasteiger partial charge in [0.15, 0.2) is 0 Å². The molecule has 0 fully saturated rings. The highest BCUT2D eigenvalue weighted by atomic mass is 127. The fourth-order valence-corrected chi connectivity index (χ4v) is 10.1. The molecule has 0 aliphatic rings. The first-order chi connectivity index (χ1) is 45.4. The van der Waals surface area contributed by atoms with Crippen LogP contribution in [0.2, 0.25) is 0 Å². The SMILES string of the molecule is Brc1cn[nH]c1.C.COc1cccc(-n2cc(-c3ccc(-c4ccccc4)cc3)cn2)c1.COc1cccc(-n2cc(Br)cn2)c1.COc1cccc(I)c1.OB(O)c1ccc(-c2ccccc2)cc1.Oc1cccc(-n2cc(-c3ccc(-c4ccccc4)cc3)cn2)c1. The van der Waals surface area contributed by atoms with Gasteiger partial charge in [-0.1, -0.05) is 195 Å². The summed E-state index contributed by atoms with van der Waals surface area (Å²) in [7, 11) is 3.60. The van der Waals surface area contributed by atoms with E-state index in [2.05, 4.69) is 165 Å². The van der Waals surface area contributed by atoms with Gasteiger partial charge in [0, 0.05) is 57.7 Å². The predicted molar refractivity (Wildman–Crippen MR) is 395 cm³/mol. The van der Waals surface area contributed by atoms with Gasteiger partial charge in [0.2, 0.25) is 0 Å². The van der Waals surface area contributed by atoms with E-state index in [9.17, 15) is 5.11 Å². The maximum atomic E-state index is 9.60. The molecular weight excluding hydrogens is 1420 g/mol. The summed E-state index contributed by atoms with van der Waals surface area (Å²) in [5, 5.41) is 46.8. The van der Waals surface area contributed by atoms with Crippen molar-refractivity contribution in [2.75, 3.05) is 21.3 Å². The topological polar surface area (TPSA) is 171 Å². The van der Waals surface area contributed by atoms with Crippen molar-refractivity contribution < 1.29 is 29.4 Å². The molecule has 18 heteroatoms. The Kier molecular flexibility index (Phi) is 26.9. The molecule has 0 atom stereocenters. The van der Waals surface area contributed by atoms with Gasteiger partial charge in [-0.3, -0.25) is 5.10 Å². The zero-order chi connectivity index (χ0) is 65.2. The van der Waals surface area contributed by atoms with Gasteiger partial charge in [0.1, 0.15) is 23.0 Å². The molecule has 0 amide bonds. The third kappa shape index (κ3) is 21.0. The normalized spacial score (nSPS) is 10.1. The molecule has 0 bridgehead atoms. The summed E-state index contributed by atoms with van der Waals surface area (Å²) in [5.74, 6) is 2.80. The van der Waals surface area contributed by atoms with E-state index < -0.39 is 7.12 Å². The van der Waals surface area contributed by atoms with Gasteiger partial charge in [-0.15, -0.1) is 0 Å². The van der Waals surface area contributed by atoms with Crippen molar-refractivity contribution in [3.63, 3.8) is 0 Å². The number of hydrogen-bond donors (Lipinski definition) is 4. The molecule has 0 unspecified atom stereocenters. The average Bonchev–Trinajstić information content (AvgIpc) is 1.72. The lowest BCUT2D eigenvalue weighted by Crippen LogP contribution is -2.29. The van der Waals surface area contributed by atoms with E-state index >= 15 is 0 Å². The molecule has 4 heterocycles. The first-order valence-electron chi connectivity index (χ1n) is 29.1. The molecule has 14 rings (SSSR count). The first-order valence-corrected chi connectivity index (χ1v) is 31.7. The molecule has 0 saturated heterocycles. The molecule has 0 saturated carbocycles. The quantitative estimate of drug-likeness (QED) is 0.0682. The number of aromatic amines is 1. The second kappa shape index (κ2) is 36.2. The number of rotatable bonds is 12. The van der Waals surface area contributed by atoms with Crippen LogP contribution in [-0.2, 0) is 0 Å². The smallest absolute Gasteiger partial charge is 0.488 e. The Labute approximate surface area is 579 Å². The van der Waals surface area contributed by atoms with Crippen molar-refractivity contribution in [3.05, 3.63) is 323 Å². The molecular formula is C76H68BBr2IN8O6. The van der Waals surface area contributed by atoms with Crippen molar-refractivity contribution >= 4 is 67.0 Å². The van der Waals surface area contributed by atoms with Crippen molar-refractivity contribution in [2.45, 2.75) is 7.43 Å². The van der Waals surface area contributed by atoms with Crippen LogP contribution in [0.4, 0.5) is 0 Å². The van der Waals surface area contributed by atoms with Gasteiger partial charge in [0.05, 0.1) is 72.1 Å². The largest absolute Gasteiger partial charge is 0.508 e. The van der Waals surface area contributed by atoms with Crippen LogP contribution in [0.15, 0.2) is 319 Å². The third-order valence-electron chi connectivity index (χ3n) is 13.9. The number of halogens is 3. The number of nitrogens with zero attached hydrogens (tertiary/aromatic N) is 7. The highest BCUT2D eigenvalue weighted by Gasteiger charge is 2.11. The maximum absolute atomic E-state index is 9.60. The minimum Gasteiger partial charge on any atom is -0.508 e. The predicted octanol–water partition coefficient (Wildman–Crippen LogP) is 17.9. The van der Waals surface area contributed by atoms with Crippen LogP contribution in [0, 0.1) is 3.57 Å². The molecule has 4 N–H and O–H groups in total. The Morgan fingerprint density at radius 2 is 0.745 bits per heavy atom. The van der Waals surface area contributed by atoms with E-state index in [-0.39, 0.29) is 13.2 Å². The molecule has 4 aromatic heterocycles. The van der Waals surface area contributed by atoms with Gasteiger partial charge < -0.3 is 29.4 Å². The molecule has 10 aromatic carbocycles. The molecule has 94 heavy (non-hydrogen) atoms. The van der Waals surface area contributed by atoms with Crippen molar-refractivity contribution in [1.29, 1.82) is 0 Å². The van der Waals surface area contributed by atoms with Crippen LogP contribution in [0.5, 0.6) is 23.0 Å². The zero-order valence-electron chi connectivity index (χ0n) is 50.9. The Balaban J connectivity index is 0.000000152. The number of methoxy groups -OCH3 is 3. The Hall–Kier alpha value is -10.1. The highest BCUT2D eigenvalue weighted by molar-refractivity contribution is 14.1. The van der Waals surface area contributed by atoms with E-state index in [1.165, 1.54) is 25.8 Å². The fraction of sp³-hybridized carbons (Fsp3) is 0.0526. The third-order valence-corrected chi connectivity index (χ3v) is 15.4. The fourth-order valence-electron chi connectivity index (χ4n) is 9.09. The summed E-state index contributed by atoms with van der Waals surface area (Å²) in [4.78, 5) is 0. The molecule has 472 valence electrons.